The fourth-order valence-electron chi connectivity index (χ4n) is 2.55. The third kappa shape index (κ3) is 3.32. The minimum absolute atomic E-state index is 0.225. The van der Waals surface area contributed by atoms with Gasteiger partial charge in [-0.2, -0.15) is 0 Å². The van der Waals surface area contributed by atoms with Crippen molar-refractivity contribution >= 4 is 24.3 Å². The Morgan fingerprint density at radius 3 is 2.64 bits per heavy atom. The monoisotopic (exact) mass is 356 g/mol. The van der Waals surface area contributed by atoms with Gasteiger partial charge in [-0.25, -0.2) is 4.68 Å². The van der Waals surface area contributed by atoms with Crippen LogP contribution in [0.4, 0.5) is 0 Å². The van der Waals surface area contributed by atoms with Crippen molar-refractivity contribution in [2.75, 3.05) is 14.2 Å². The van der Waals surface area contributed by atoms with Crippen molar-refractivity contribution in [1.29, 1.82) is 0 Å². The third-order valence-electron chi connectivity index (χ3n) is 3.81. The highest BCUT2D eigenvalue weighted by Crippen LogP contribution is 2.24. The van der Waals surface area contributed by atoms with Crippen LogP contribution in [-0.2, 0) is 0 Å². The summed E-state index contributed by atoms with van der Waals surface area (Å²) in [5.41, 5.74) is 1.14. The number of ether oxygens (including phenoxy) is 2. The summed E-state index contributed by atoms with van der Waals surface area (Å²) < 4.78 is 12.0. The molecule has 3 aromatic rings. The first-order chi connectivity index (χ1) is 12.0. The molecule has 0 saturated carbocycles. The molecule has 0 spiro atoms. The summed E-state index contributed by atoms with van der Waals surface area (Å²) >= 11 is 6.01. The number of halogens is 1. The van der Waals surface area contributed by atoms with Crippen LogP contribution >= 0.6 is 11.6 Å². The van der Waals surface area contributed by atoms with E-state index in [1.165, 1.54) is 4.68 Å². The summed E-state index contributed by atoms with van der Waals surface area (Å²) in [4.78, 5) is 12.8. The molecular formula is C19H17ClN2O3. The second kappa shape index (κ2) is 6.91. The van der Waals surface area contributed by atoms with Gasteiger partial charge in [0.25, 0.3) is 5.56 Å². The molecule has 0 aliphatic rings. The van der Waals surface area contributed by atoms with Crippen LogP contribution in [0.3, 0.4) is 0 Å². The largest absolute Gasteiger partial charge is 0.497 e. The van der Waals surface area contributed by atoms with Gasteiger partial charge in [0.15, 0.2) is 0 Å². The molecule has 1 heterocycles. The number of hydrogen-bond donors (Lipinski definition) is 1. The Morgan fingerprint density at radius 1 is 1.16 bits per heavy atom. The van der Waals surface area contributed by atoms with E-state index in [-0.39, 0.29) is 5.56 Å². The van der Waals surface area contributed by atoms with E-state index in [1.54, 1.807) is 62.8 Å². The number of benzene rings is 2. The van der Waals surface area contributed by atoms with Crippen LogP contribution in [-0.4, -0.2) is 24.0 Å². The first-order valence-corrected chi connectivity index (χ1v) is 7.91. The molecule has 0 aliphatic heterocycles. The molecular weight excluding hydrogens is 340 g/mol. The molecule has 0 unspecified atom stereocenters. The van der Waals surface area contributed by atoms with Crippen molar-refractivity contribution in [3.8, 4) is 17.2 Å². The molecule has 0 fully saturated rings. The van der Waals surface area contributed by atoms with Crippen molar-refractivity contribution in [2.45, 2.75) is 0 Å². The van der Waals surface area contributed by atoms with Gasteiger partial charge in [-0.05, 0) is 42.5 Å². The number of methoxy groups -OCH3 is 2. The number of H-pyrrole nitrogens is 1. The molecule has 6 heteroatoms. The van der Waals surface area contributed by atoms with Gasteiger partial charge in [0.2, 0.25) is 0 Å². The Morgan fingerprint density at radius 2 is 1.96 bits per heavy atom. The fraction of sp³-hybridized carbons (Fsp3) is 0.105. The maximum absolute atomic E-state index is 12.8. The second-order valence-electron chi connectivity index (χ2n) is 5.38. The van der Waals surface area contributed by atoms with Crippen molar-refractivity contribution in [1.82, 2.24) is 9.78 Å². The molecule has 1 N–H and O–H groups in total. The minimum Gasteiger partial charge on any atom is -0.497 e. The highest BCUT2D eigenvalue weighted by molar-refractivity contribution is 6.30. The van der Waals surface area contributed by atoms with E-state index < -0.39 is 0 Å². The molecule has 0 atom stereocenters. The summed E-state index contributed by atoms with van der Waals surface area (Å²) in [6, 6.07) is 12.4. The number of nitrogens with one attached hydrogen (secondary N) is 1. The Labute approximate surface area is 149 Å². The maximum Gasteiger partial charge on any atom is 0.279 e. The first-order valence-electron chi connectivity index (χ1n) is 7.53. The van der Waals surface area contributed by atoms with Crippen LogP contribution < -0.4 is 25.6 Å². The highest BCUT2D eigenvalue weighted by atomic mass is 35.5. The van der Waals surface area contributed by atoms with E-state index >= 15 is 0 Å². The second-order valence-corrected chi connectivity index (χ2v) is 5.81. The van der Waals surface area contributed by atoms with E-state index in [1.807, 2.05) is 0 Å². The molecule has 0 radical (unpaired) electrons. The van der Waals surface area contributed by atoms with Crippen molar-refractivity contribution in [3.63, 3.8) is 0 Å². The van der Waals surface area contributed by atoms with Gasteiger partial charge in [0, 0.05) is 10.6 Å². The molecule has 0 bridgehead atoms. The number of aromatic amines is 1. The van der Waals surface area contributed by atoms with Gasteiger partial charge in [-0.1, -0.05) is 24.2 Å². The molecule has 2 aromatic carbocycles. The SMILES string of the molecule is C=c1[nH]n(-c2cccc(Cl)c2)c(=O)/c1=C\c1cc(OC)ccc1OC. The Bertz CT molecular complexity index is 1080. The average Bonchev–Trinajstić information content (AvgIpc) is 2.90. The maximum atomic E-state index is 12.8. The van der Waals surface area contributed by atoms with Gasteiger partial charge < -0.3 is 9.47 Å². The molecule has 1 aromatic heterocycles. The lowest BCUT2D eigenvalue weighted by Gasteiger charge is -2.06. The van der Waals surface area contributed by atoms with Crippen LogP contribution in [0, 0.1) is 0 Å². The summed E-state index contributed by atoms with van der Waals surface area (Å²) in [5, 5.41) is 4.45. The van der Waals surface area contributed by atoms with Crippen LogP contribution in [0.25, 0.3) is 18.3 Å². The Kier molecular flexibility index (Phi) is 4.67. The Balaban J connectivity index is 2.21. The zero-order chi connectivity index (χ0) is 18.0. The molecule has 25 heavy (non-hydrogen) atoms. The van der Waals surface area contributed by atoms with Crippen molar-refractivity contribution in [3.05, 3.63) is 74.0 Å². The van der Waals surface area contributed by atoms with E-state index in [9.17, 15) is 4.79 Å². The lowest BCUT2D eigenvalue weighted by Crippen LogP contribution is -2.34. The quantitative estimate of drug-likeness (QED) is 0.778. The first kappa shape index (κ1) is 16.9. The van der Waals surface area contributed by atoms with E-state index in [0.717, 1.165) is 5.56 Å². The van der Waals surface area contributed by atoms with Gasteiger partial charge in [-0.15, -0.1) is 0 Å². The molecule has 0 saturated heterocycles. The normalized spacial score (nSPS) is 11.6. The van der Waals surface area contributed by atoms with Gasteiger partial charge >= 0.3 is 0 Å². The number of aromatic nitrogens is 2. The predicted molar refractivity (Wildman–Crippen MR) is 99.3 cm³/mol. The summed E-state index contributed by atoms with van der Waals surface area (Å²) in [6.45, 7) is 3.93. The van der Waals surface area contributed by atoms with Crippen LogP contribution in [0.2, 0.25) is 5.02 Å². The van der Waals surface area contributed by atoms with Crippen LogP contribution in [0.1, 0.15) is 5.56 Å². The standard InChI is InChI=1S/C19H17ClN2O3/c1-12-17(10-13-9-16(24-2)7-8-18(13)25-3)19(23)22(21-12)15-6-4-5-14(20)11-15/h4-11,21H,1H2,2-3H3/b17-10-. The number of rotatable bonds is 4. The molecule has 0 aliphatic carbocycles. The third-order valence-corrected chi connectivity index (χ3v) is 4.04. The van der Waals surface area contributed by atoms with Crippen molar-refractivity contribution in [2.24, 2.45) is 0 Å². The summed E-state index contributed by atoms with van der Waals surface area (Å²) in [7, 11) is 3.16. The molecule has 5 nitrogen and oxygen atoms in total. The van der Waals surface area contributed by atoms with Gasteiger partial charge in [0.05, 0.1) is 30.5 Å². The summed E-state index contributed by atoms with van der Waals surface area (Å²) in [5.74, 6) is 1.30. The minimum atomic E-state index is -0.225. The van der Waals surface area contributed by atoms with E-state index in [2.05, 4.69) is 11.7 Å². The molecule has 3 rings (SSSR count). The highest BCUT2D eigenvalue weighted by Gasteiger charge is 2.08. The van der Waals surface area contributed by atoms with Crippen LogP contribution in [0.15, 0.2) is 47.3 Å². The van der Waals surface area contributed by atoms with E-state index in [4.69, 9.17) is 21.1 Å². The van der Waals surface area contributed by atoms with E-state index in [0.29, 0.717) is 32.8 Å². The van der Waals surface area contributed by atoms with Gasteiger partial charge in [-0.3, -0.25) is 9.89 Å². The lowest BCUT2D eigenvalue weighted by molar-refractivity contribution is 0.402. The Hall–Kier alpha value is -2.92. The average molecular weight is 357 g/mol. The molecule has 0 amide bonds. The zero-order valence-electron chi connectivity index (χ0n) is 13.9. The smallest absolute Gasteiger partial charge is 0.279 e. The number of nitrogens with zero attached hydrogens (tertiary/aromatic N) is 1. The number of hydrogen-bond acceptors (Lipinski definition) is 3. The van der Waals surface area contributed by atoms with Crippen LogP contribution in [0.5, 0.6) is 11.5 Å². The predicted octanol–water partition coefficient (Wildman–Crippen LogP) is 2.08. The lowest BCUT2D eigenvalue weighted by atomic mass is 10.1. The van der Waals surface area contributed by atoms with Crippen molar-refractivity contribution < 1.29 is 9.47 Å². The molecule has 128 valence electrons. The fourth-order valence-corrected chi connectivity index (χ4v) is 2.73. The topological polar surface area (TPSA) is 56.2 Å². The summed E-state index contributed by atoms with van der Waals surface area (Å²) in [6.07, 6.45) is 1.73. The zero-order valence-corrected chi connectivity index (χ0v) is 14.6. The van der Waals surface area contributed by atoms with Gasteiger partial charge in [0.1, 0.15) is 11.5 Å².